The second-order valence-corrected chi connectivity index (χ2v) is 5.14. The number of nitrogens with zero attached hydrogens (tertiary/aromatic N) is 3. The van der Waals surface area contributed by atoms with Crippen molar-refractivity contribution >= 4 is 0 Å². The highest BCUT2D eigenvalue weighted by molar-refractivity contribution is 5.02. The van der Waals surface area contributed by atoms with Crippen LogP contribution in [0.1, 0.15) is 39.8 Å². The highest BCUT2D eigenvalue weighted by Crippen LogP contribution is 2.17. The predicted molar refractivity (Wildman–Crippen MR) is 61.0 cm³/mol. The average molecular weight is 227 g/mol. The van der Waals surface area contributed by atoms with Gasteiger partial charge in [-0.15, -0.1) is 5.10 Å². The summed E-state index contributed by atoms with van der Waals surface area (Å²) in [6, 6.07) is 0. The maximum absolute atomic E-state index is 9.74. The van der Waals surface area contributed by atoms with Gasteiger partial charge in [-0.2, -0.15) is 0 Å². The van der Waals surface area contributed by atoms with Gasteiger partial charge in [0.2, 0.25) is 0 Å². The summed E-state index contributed by atoms with van der Waals surface area (Å²) in [6.45, 7) is 8.17. The Kier molecular flexibility index (Phi) is 3.70. The van der Waals surface area contributed by atoms with Crippen molar-refractivity contribution in [2.45, 2.75) is 51.9 Å². The first-order valence-corrected chi connectivity index (χ1v) is 5.43. The third-order valence-electron chi connectivity index (χ3n) is 2.66. The van der Waals surface area contributed by atoms with Gasteiger partial charge in [0.1, 0.15) is 11.3 Å². The molecule has 1 aromatic heterocycles. The van der Waals surface area contributed by atoms with E-state index in [0.29, 0.717) is 5.69 Å². The molecule has 16 heavy (non-hydrogen) atoms. The topological polar surface area (TPSA) is 60.2 Å². The van der Waals surface area contributed by atoms with Crippen LogP contribution in [0, 0.1) is 0 Å². The van der Waals surface area contributed by atoms with Crippen LogP contribution in [-0.2, 0) is 16.9 Å². The molecule has 5 nitrogen and oxygen atoms in total. The Hall–Kier alpha value is -0.940. The Morgan fingerprint density at radius 3 is 2.44 bits per heavy atom. The first-order chi connectivity index (χ1) is 7.24. The second-order valence-electron chi connectivity index (χ2n) is 5.14. The van der Waals surface area contributed by atoms with Gasteiger partial charge in [0, 0.05) is 13.7 Å². The summed E-state index contributed by atoms with van der Waals surface area (Å²) in [5, 5.41) is 17.6. The number of hydrogen-bond acceptors (Lipinski definition) is 4. The lowest BCUT2D eigenvalue weighted by atomic mass is 10.1. The van der Waals surface area contributed by atoms with Crippen molar-refractivity contribution in [2.75, 3.05) is 7.11 Å². The second kappa shape index (κ2) is 4.51. The van der Waals surface area contributed by atoms with E-state index >= 15 is 0 Å². The zero-order valence-electron chi connectivity index (χ0n) is 10.7. The minimum atomic E-state index is -0.935. The number of ether oxygens (including phenoxy) is 1. The lowest BCUT2D eigenvalue weighted by Gasteiger charge is -2.22. The summed E-state index contributed by atoms with van der Waals surface area (Å²) in [5.74, 6) is 0. The molecule has 0 aliphatic rings. The molecule has 0 aliphatic carbocycles. The molecule has 1 rings (SSSR count). The van der Waals surface area contributed by atoms with Gasteiger partial charge >= 0.3 is 0 Å². The molecule has 0 spiro atoms. The molecule has 0 aliphatic heterocycles. The number of aromatic nitrogens is 3. The van der Waals surface area contributed by atoms with Crippen molar-refractivity contribution in [3.05, 3.63) is 11.9 Å². The van der Waals surface area contributed by atoms with Gasteiger partial charge in [0.05, 0.1) is 11.8 Å². The van der Waals surface area contributed by atoms with Gasteiger partial charge in [0.15, 0.2) is 0 Å². The van der Waals surface area contributed by atoms with E-state index in [1.807, 2.05) is 13.8 Å². The smallest absolute Gasteiger partial charge is 0.114 e. The molecule has 0 unspecified atom stereocenters. The summed E-state index contributed by atoms with van der Waals surface area (Å²) < 4.78 is 7.05. The van der Waals surface area contributed by atoms with E-state index in [4.69, 9.17) is 4.74 Å². The minimum absolute atomic E-state index is 0.166. The third-order valence-corrected chi connectivity index (χ3v) is 2.66. The molecule has 0 saturated carbocycles. The number of methoxy groups -OCH3 is 1. The van der Waals surface area contributed by atoms with Gasteiger partial charge in [-0.05, 0) is 34.1 Å². The fourth-order valence-corrected chi connectivity index (χ4v) is 1.17. The van der Waals surface area contributed by atoms with Crippen LogP contribution in [-0.4, -0.2) is 32.8 Å². The SMILES string of the molecule is COC(C)(C)CCn1cc(C(C)(C)O)nn1. The average Bonchev–Trinajstić information content (AvgIpc) is 2.63. The highest BCUT2D eigenvalue weighted by atomic mass is 16.5. The molecular weight excluding hydrogens is 206 g/mol. The van der Waals surface area contributed by atoms with Gasteiger partial charge in [0.25, 0.3) is 0 Å². The zero-order valence-corrected chi connectivity index (χ0v) is 10.7. The fourth-order valence-electron chi connectivity index (χ4n) is 1.17. The molecule has 0 saturated heterocycles. The van der Waals surface area contributed by atoms with Crippen molar-refractivity contribution in [2.24, 2.45) is 0 Å². The van der Waals surface area contributed by atoms with E-state index in [0.717, 1.165) is 13.0 Å². The van der Waals surface area contributed by atoms with Crippen molar-refractivity contribution < 1.29 is 9.84 Å². The molecule has 1 aromatic rings. The van der Waals surface area contributed by atoms with E-state index in [1.165, 1.54) is 0 Å². The first-order valence-electron chi connectivity index (χ1n) is 5.43. The number of aliphatic hydroxyl groups is 1. The van der Waals surface area contributed by atoms with Crippen LogP contribution in [0.5, 0.6) is 0 Å². The predicted octanol–water partition coefficient (Wildman–Crippen LogP) is 1.32. The molecular formula is C11H21N3O2. The molecule has 5 heteroatoms. The maximum atomic E-state index is 9.74. The molecule has 0 atom stereocenters. The first kappa shape index (κ1) is 13.1. The summed E-state index contributed by atoms with van der Waals surface area (Å²) in [5.41, 5.74) is -0.515. The van der Waals surface area contributed by atoms with Crippen molar-refractivity contribution in [3.8, 4) is 0 Å². The molecule has 0 aromatic carbocycles. The minimum Gasteiger partial charge on any atom is -0.384 e. The van der Waals surface area contributed by atoms with Crippen LogP contribution in [0.15, 0.2) is 6.20 Å². The van der Waals surface area contributed by atoms with Crippen molar-refractivity contribution in [1.82, 2.24) is 15.0 Å². The Morgan fingerprint density at radius 2 is 2.00 bits per heavy atom. The van der Waals surface area contributed by atoms with Gasteiger partial charge < -0.3 is 9.84 Å². The monoisotopic (exact) mass is 227 g/mol. The number of aryl methyl sites for hydroxylation is 1. The van der Waals surface area contributed by atoms with E-state index in [9.17, 15) is 5.11 Å². The van der Waals surface area contributed by atoms with Crippen LogP contribution in [0.3, 0.4) is 0 Å². The summed E-state index contributed by atoms with van der Waals surface area (Å²) >= 11 is 0. The molecule has 1 N–H and O–H groups in total. The van der Waals surface area contributed by atoms with Crippen LogP contribution >= 0.6 is 0 Å². The van der Waals surface area contributed by atoms with E-state index in [-0.39, 0.29) is 5.60 Å². The van der Waals surface area contributed by atoms with E-state index < -0.39 is 5.60 Å². The number of rotatable bonds is 5. The van der Waals surface area contributed by atoms with Crippen LogP contribution in [0.4, 0.5) is 0 Å². The van der Waals surface area contributed by atoms with Gasteiger partial charge in [-0.25, -0.2) is 0 Å². The molecule has 0 bridgehead atoms. The molecule has 0 amide bonds. The Morgan fingerprint density at radius 1 is 1.38 bits per heavy atom. The lowest BCUT2D eigenvalue weighted by molar-refractivity contribution is 0.0112. The van der Waals surface area contributed by atoms with Crippen LogP contribution < -0.4 is 0 Å². The summed E-state index contributed by atoms with van der Waals surface area (Å²) in [6.07, 6.45) is 2.61. The van der Waals surface area contributed by atoms with Crippen molar-refractivity contribution in [3.63, 3.8) is 0 Å². The van der Waals surface area contributed by atoms with Crippen LogP contribution in [0.25, 0.3) is 0 Å². The zero-order chi connectivity index (χ0) is 12.4. The molecule has 1 heterocycles. The molecule has 0 radical (unpaired) electrons. The van der Waals surface area contributed by atoms with Gasteiger partial charge in [-0.3, -0.25) is 4.68 Å². The lowest BCUT2D eigenvalue weighted by Crippen LogP contribution is -2.24. The maximum Gasteiger partial charge on any atom is 0.114 e. The van der Waals surface area contributed by atoms with E-state index in [2.05, 4.69) is 10.3 Å². The van der Waals surface area contributed by atoms with E-state index in [1.54, 1.807) is 31.8 Å². The largest absolute Gasteiger partial charge is 0.384 e. The van der Waals surface area contributed by atoms with Crippen LogP contribution in [0.2, 0.25) is 0 Å². The van der Waals surface area contributed by atoms with Gasteiger partial charge in [-0.1, -0.05) is 5.21 Å². The molecule has 92 valence electrons. The molecule has 0 fully saturated rings. The number of hydrogen-bond donors (Lipinski definition) is 1. The standard InChI is InChI=1S/C11H21N3O2/c1-10(2,16-5)6-7-14-8-9(12-13-14)11(3,4)15/h8,15H,6-7H2,1-5H3. The fraction of sp³-hybridized carbons (Fsp3) is 0.818. The normalized spacial score (nSPS) is 13.1. The Bertz CT molecular complexity index is 339. The Labute approximate surface area is 96.4 Å². The highest BCUT2D eigenvalue weighted by Gasteiger charge is 2.21. The quantitative estimate of drug-likeness (QED) is 0.824. The summed E-state index contributed by atoms with van der Waals surface area (Å²) in [7, 11) is 1.70. The summed E-state index contributed by atoms with van der Waals surface area (Å²) in [4.78, 5) is 0. The Balaban J connectivity index is 2.60. The third kappa shape index (κ3) is 3.57. The van der Waals surface area contributed by atoms with Crippen molar-refractivity contribution in [1.29, 1.82) is 0 Å².